The van der Waals surface area contributed by atoms with E-state index < -0.39 is 0 Å². The van der Waals surface area contributed by atoms with Gasteiger partial charge in [-0.1, -0.05) is 0 Å². The Morgan fingerprint density at radius 1 is 1.14 bits per heavy atom. The Kier molecular flexibility index (Phi) is 1.64. The van der Waals surface area contributed by atoms with Crippen molar-refractivity contribution in [1.82, 2.24) is 4.90 Å². The van der Waals surface area contributed by atoms with Crippen LogP contribution in [0.15, 0.2) is 35.1 Å². The Morgan fingerprint density at radius 2 is 1.71 bits per heavy atom. The third-order valence-corrected chi connectivity index (χ3v) is 3.70. The van der Waals surface area contributed by atoms with Gasteiger partial charge in [0.15, 0.2) is 0 Å². The van der Waals surface area contributed by atoms with Crippen LogP contribution in [0.5, 0.6) is 0 Å². The minimum Gasteiger partial charge on any atom is -0.383 e. The molecule has 1 nitrogen and oxygen atoms in total. The predicted octanol–water partition coefficient (Wildman–Crippen LogP) is 2.73. The number of hydrogen-bond acceptors (Lipinski definition) is 1. The maximum Gasteiger partial charge on any atom is 0.00588 e. The van der Waals surface area contributed by atoms with E-state index in [0.717, 1.165) is 11.8 Å². The molecule has 0 aromatic carbocycles. The van der Waals surface area contributed by atoms with Gasteiger partial charge in [-0.2, -0.15) is 0 Å². The molecule has 0 spiro atoms. The standard InChI is InChI=1S/C13H17N/c1-14(2)8-9-5-12-10-3-4-11(7-10)13(12)6-9/h5-6,8,10-11H,3-4,7H2,1-2H3. The first-order chi connectivity index (χ1) is 6.74. The molecule has 0 aromatic heterocycles. The topological polar surface area (TPSA) is 3.24 Å². The SMILES string of the molecule is CN(C)C=C1C=C2C(=C1)C1CCC2C1. The Bertz CT molecular complexity index is 329. The molecule has 0 saturated heterocycles. The van der Waals surface area contributed by atoms with Gasteiger partial charge in [-0.05, 0) is 60.0 Å². The molecule has 2 fully saturated rings. The van der Waals surface area contributed by atoms with Gasteiger partial charge in [-0.25, -0.2) is 0 Å². The average molecular weight is 187 g/mol. The summed E-state index contributed by atoms with van der Waals surface area (Å²) in [7, 11) is 4.18. The van der Waals surface area contributed by atoms with E-state index in [1.807, 2.05) is 0 Å². The summed E-state index contributed by atoms with van der Waals surface area (Å²) in [5.74, 6) is 1.80. The quantitative estimate of drug-likeness (QED) is 0.610. The van der Waals surface area contributed by atoms with Gasteiger partial charge >= 0.3 is 0 Å². The van der Waals surface area contributed by atoms with Crippen LogP contribution in [0.4, 0.5) is 0 Å². The van der Waals surface area contributed by atoms with Gasteiger partial charge in [-0.3, -0.25) is 0 Å². The molecule has 2 unspecified atom stereocenters. The molecular formula is C13H17N. The molecular weight excluding hydrogens is 170 g/mol. The first kappa shape index (κ1) is 8.34. The molecule has 0 amide bonds. The summed E-state index contributed by atoms with van der Waals surface area (Å²) in [5.41, 5.74) is 4.72. The average Bonchev–Trinajstić information content (AvgIpc) is 2.69. The van der Waals surface area contributed by atoms with Gasteiger partial charge in [0, 0.05) is 20.3 Å². The summed E-state index contributed by atoms with van der Waals surface area (Å²) in [5, 5.41) is 0. The number of hydrogen-bond donors (Lipinski definition) is 0. The molecule has 2 atom stereocenters. The molecule has 74 valence electrons. The molecule has 0 aliphatic heterocycles. The maximum absolute atomic E-state index is 2.40. The normalized spacial score (nSPS) is 32.9. The summed E-state index contributed by atoms with van der Waals surface area (Å²) >= 11 is 0. The van der Waals surface area contributed by atoms with E-state index >= 15 is 0 Å². The lowest BCUT2D eigenvalue weighted by Gasteiger charge is -2.12. The molecule has 3 rings (SSSR count). The first-order valence-electron chi connectivity index (χ1n) is 5.56. The van der Waals surface area contributed by atoms with E-state index in [1.54, 1.807) is 11.1 Å². The largest absolute Gasteiger partial charge is 0.383 e. The number of rotatable bonds is 1. The van der Waals surface area contributed by atoms with Crippen molar-refractivity contribution in [1.29, 1.82) is 0 Å². The smallest absolute Gasteiger partial charge is 0.00588 e. The highest BCUT2D eigenvalue weighted by Gasteiger charge is 2.41. The molecule has 0 N–H and O–H groups in total. The molecule has 1 heteroatoms. The van der Waals surface area contributed by atoms with Gasteiger partial charge < -0.3 is 4.90 Å². The van der Waals surface area contributed by atoms with Gasteiger partial charge in [0.1, 0.15) is 0 Å². The van der Waals surface area contributed by atoms with Gasteiger partial charge in [-0.15, -0.1) is 0 Å². The van der Waals surface area contributed by atoms with Gasteiger partial charge in [0.25, 0.3) is 0 Å². The fourth-order valence-electron chi connectivity index (χ4n) is 3.19. The van der Waals surface area contributed by atoms with Crippen LogP contribution in [0.25, 0.3) is 0 Å². The predicted molar refractivity (Wildman–Crippen MR) is 58.8 cm³/mol. The second-order valence-corrected chi connectivity index (χ2v) is 5.00. The summed E-state index contributed by atoms with van der Waals surface area (Å²) in [6.07, 6.45) is 11.3. The zero-order chi connectivity index (χ0) is 9.71. The van der Waals surface area contributed by atoms with E-state index in [-0.39, 0.29) is 0 Å². The van der Waals surface area contributed by atoms with Crippen molar-refractivity contribution in [2.75, 3.05) is 14.1 Å². The highest BCUT2D eigenvalue weighted by Crippen LogP contribution is 2.54. The van der Waals surface area contributed by atoms with Crippen molar-refractivity contribution in [3.63, 3.8) is 0 Å². The second kappa shape index (κ2) is 2.75. The lowest BCUT2D eigenvalue weighted by molar-refractivity contribution is 0.561. The van der Waals surface area contributed by atoms with E-state index in [4.69, 9.17) is 0 Å². The van der Waals surface area contributed by atoms with Crippen molar-refractivity contribution in [2.24, 2.45) is 11.8 Å². The molecule has 14 heavy (non-hydrogen) atoms. The molecule has 2 bridgehead atoms. The van der Waals surface area contributed by atoms with Crippen LogP contribution >= 0.6 is 0 Å². The Hall–Kier alpha value is -0.980. The number of fused-ring (bicyclic) bond motifs is 5. The van der Waals surface area contributed by atoms with Crippen molar-refractivity contribution < 1.29 is 0 Å². The fraction of sp³-hybridized carbons (Fsp3) is 0.538. The van der Waals surface area contributed by atoms with Crippen molar-refractivity contribution in [3.05, 3.63) is 35.1 Å². The third kappa shape index (κ3) is 1.08. The van der Waals surface area contributed by atoms with Crippen LogP contribution in [0.1, 0.15) is 19.3 Å². The zero-order valence-corrected chi connectivity index (χ0v) is 8.96. The van der Waals surface area contributed by atoms with Crippen molar-refractivity contribution >= 4 is 0 Å². The van der Waals surface area contributed by atoms with Crippen LogP contribution < -0.4 is 0 Å². The zero-order valence-electron chi connectivity index (χ0n) is 8.96. The van der Waals surface area contributed by atoms with E-state index in [9.17, 15) is 0 Å². The third-order valence-electron chi connectivity index (χ3n) is 3.70. The Labute approximate surface area is 85.8 Å². The van der Waals surface area contributed by atoms with Crippen LogP contribution in [0.3, 0.4) is 0 Å². The van der Waals surface area contributed by atoms with Crippen LogP contribution in [-0.4, -0.2) is 19.0 Å². The highest BCUT2D eigenvalue weighted by molar-refractivity contribution is 5.57. The van der Waals surface area contributed by atoms with Crippen LogP contribution in [0.2, 0.25) is 0 Å². The first-order valence-corrected chi connectivity index (χ1v) is 5.56. The summed E-state index contributed by atoms with van der Waals surface area (Å²) < 4.78 is 0. The second-order valence-electron chi connectivity index (χ2n) is 5.00. The summed E-state index contributed by atoms with van der Waals surface area (Å²) in [6.45, 7) is 0. The fourth-order valence-corrected chi connectivity index (χ4v) is 3.19. The summed E-state index contributed by atoms with van der Waals surface area (Å²) in [4.78, 5) is 2.13. The van der Waals surface area contributed by atoms with E-state index in [1.165, 1.54) is 24.8 Å². The van der Waals surface area contributed by atoms with E-state index in [0.29, 0.717) is 0 Å². The minimum atomic E-state index is 0.902. The lowest BCUT2D eigenvalue weighted by Crippen LogP contribution is -2.01. The molecule has 0 radical (unpaired) electrons. The minimum absolute atomic E-state index is 0.902. The molecule has 3 aliphatic carbocycles. The molecule has 0 heterocycles. The molecule has 2 saturated carbocycles. The Balaban J connectivity index is 1.96. The summed E-state index contributed by atoms with van der Waals surface area (Å²) in [6, 6.07) is 0. The van der Waals surface area contributed by atoms with Crippen LogP contribution in [0, 0.1) is 11.8 Å². The Morgan fingerprint density at radius 3 is 2.21 bits per heavy atom. The number of allylic oxidation sites excluding steroid dienone is 5. The van der Waals surface area contributed by atoms with Crippen LogP contribution in [-0.2, 0) is 0 Å². The monoisotopic (exact) mass is 187 g/mol. The molecule has 0 aromatic rings. The number of nitrogens with zero attached hydrogens (tertiary/aromatic N) is 1. The maximum atomic E-state index is 2.40. The van der Waals surface area contributed by atoms with Crippen molar-refractivity contribution in [2.45, 2.75) is 19.3 Å². The van der Waals surface area contributed by atoms with E-state index in [2.05, 4.69) is 37.3 Å². The lowest BCUT2D eigenvalue weighted by atomic mass is 9.92. The van der Waals surface area contributed by atoms with Crippen molar-refractivity contribution in [3.8, 4) is 0 Å². The van der Waals surface area contributed by atoms with Gasteiger partial charge in [0.05, 0.1) is 0 Å². The molecule has 3 aliphatic rings. The van der Waals surface area contributed by atoms with Gasteiger partial charge in [0.2, 0.25) is 0 Å². The highest BCUT2D eigenvalue weighted by atomic mass is 15.0.